The molecule has 0 spiro atoms. The first kappa shape index (κ1) is 11.6. The number of hydrogen-bond acceptors (Lipinski definition) is 5. The number of hydrazine groups is 1. The van der Waals surface area contributed by atoms with Crippen molar-refractivity contribution in [2.45, 2.75) is 12.8 Å². The molecule has 16 heavy (non-hydrogen) atoms. The zero-order chi connectivity index (χ0) is 11.4. The van der Waals surface area contributed by atoms with Gasteiger partial charge in [-0.05, 0) is 25.0 Å². The van der Waals surface area contributed by atoms with Crippen LogP contribution in [-0.4, -0.2) is 17.8 Å². The summed E-state index contributed by atoms with van der Waals surface area (Å²) in [6, 6.07) is 7.39. The zero-order valence-electron chi connectivity index (χ0n) is 9.10. The van der Waals surface area contributed by atoms with Crippen molar-refractivity contribution in [3.05, 3.63) is 24.3 Å². The number of benzene rings is 1. The van der Waals surface area contributed by atoms with Crippen LogP contribution in [0.4, 0.5) is 11.4 Å². The van der Waals surface area contributed by atoms with Crippen LogP contribution >= 0.6 is 8.96 Å². The summed E-state index contributed by atoms with van der Waals surface area (Å²) in [5.74, 6) is 5.79. The minimum Gasteiger partial charge on any atom is -0.397 e. The molecule has 6 heteroatoms. The molecule has 4 N–H and O–H groups in total. The minimum absolute atomic E-state index is 0.267. The molecule has 2 rings (SSSR count). The molecule has 0 aromatic heterocycles. The largest absolute Gasteiger partial charge is 0.397 e. The zero-order valence-corrected chi connectivity index (χ0v) is 10.1. The Balaban J connectivity index is 1.87. The lowest BCUT2D eigenvalue weighted by atomic mass is 10.3. The van der Waals surface area contributed by atoms with E-state index < -0.39 is 0 Å². The highest BCUT2D eigenvalue weighted by atomic mass is 31.1. The average molecular weight is 240 g/mol. The van der Waals surface area contributed by atoms with Crippen LogP contribution in [0.5, 0.6) is 0 Å². The lowest BCUT2D eigenvalue weighted by molar-refractivity contribution is 0.300. The summed E-state index contributed by atoms with van der Waals surface area (Å²) in [6.07, 6.45) is 2.49. The van der Waals surface area contributed by atoms with Gasteiger partial charge in [0.15, 0.2) is 0 Å². The molecule has 1 heterocycles. The highest BCUT2D eigenvalue weighted by Crippen LogP contribution is 2.29. The second kappa shape index (κ2) is 5.46. The predicted molar refractivity (Wildman–Crippen MR) is 67.7 cm³/mol. The summed E-state index contributed by atoms with van der Waals surface area (Å²) >= 11 is 0. The van der Waals surface area contributed by atoms with Crippen molar-refractivity contribution in [1.29, 1.82) is 0 Å². The van der Waals surface area contributed by atoms with Gasteiger partial charge in [0, 0.05) is 13.1 Å². The molecule has 1 aromatic carbocycles. The number of para-hydroxylation sites is 2. The fourth-order valence-electron chi connectivity index (χ4n) is 1.65. The van der Waals surface area contributed by atoms with Gasteiger partial charge in [-0.3, -0.25) is 4.67 Å². The van der Waals surface area contributed by atoms with Crippen LogP contribution < -0.4 is 16.7 Å². The Kier molecular flexibility index (Phi) is 3.96. The van der Waals surface area contributed by atoms with E-state index in [1.54, 1.807) is 6.07 Å². The van der Waals surface area contributed by atoms with Crippen molar-refractivity contribution in [2.75, 3.05) is 24.0 Å². The van der Waals surface area contributed by atoms with Crippen LogP contribution in [-0.2, 0) is 4.62 Å². The van der Waals surface area contributed by atoms with E-state index in [1.165, 1.54) is 18.0 Å². The van der Waals surface area contributed by atoms with E-state index in [1.807, 2.05) is 18.2 Å². The fourth-order valence-corrected chi connectivity index (χ4v) is 2.45. The van der Waals surface area contributed by atoms with Crippen LogP contribution in [0.25, 0.3) is 0 Å². The van der Waals surface area contributed by atoms with E-state index in [2.05, 4.69) is 4.67 Å². The smallest absolute Gasteiger partial charge is 0.124 e. The van der Waals surface area contributed by atoms with Gasteiger partial charge in [0.25, 0.3) is 0 Å². The summed E-state index contributed by atoms with van der Waals surface area (Å²) in [4.78, 5) is 0. The van der Waals surface area contributed by atoms with Crippen molar-refractivity contribution in [1.82, 2.24) is 4.67 Å². The number of nitrogen functional groups attached to an aromatic ring is 1. The Labute approximate surface area is 97.2 Å². The second-order valence-electron chi connectivity index (χ2n) is 3.76. The van der Waals surface area contributed by atoms with E-state index in [0.29, 0.717) is 11.4 Å². The maximum atomic E-state index is 5.79. The molecule has 1 aromatic rings. The first-order valence-electron chi connectivity index (χ1n) is 5.34. The molecule has 1 aliphatic rings. The van der Waals surface area contributed by atoms with Crippen molar-refractivity contribution in [2.24, 2.45) is 5.84 Å². The molecule has 0 aliphatic carbocycles. The first-order valence-corrected chi connectivity index (χ1v) is 6.20. The molecule has 0 bridgehead atoms. The van der Waals surface area contributed by atoms with Crippen LogP contribution in [0.15, 0.2) is 24.3 Å². The van der Waals surface area contributed by atoms with Crippen molar-refractivity contribution in [3.63, 3.8) is 0 Å². The van der Waals surface area contributed by atoms with Gasteiger partial charge in [0.2, 0.25) is 0 Å². The molecule has 1 saturated heterocycles. The van der Waals surface area contributed by atoms with E-state index in [9.17, 15) is 0 Å². The normalized spacial score (nSPS) is 17.3. The summed E-state index contributed by atoms with van der Waals surface area (Å²) < 4.78 is 7.73. The highest BCUT2D eigenvalue weighted by Gasteiger charge is 2.14. The maximum Gasteiger partial charge on any atom is 0.124 e. The molecular weight excluding hydrogens is 223 g/mol. The van der Waals surface area contributed by atoms with Gasteiger partial charge < -0.3 is 5.73 Å². The standard InChI is InChI=1S/C10H17N4OP/c11-9-5-1-2-6-10(9)14(12)15-16-13-7-3-4-8-13/h1-2,5-6,16H,3-4,7-8,11-12H2. The lowest BCUT2D eigenvalue weighted by Crippen LogP contribution is -2.30. The van der Waals surface area contributed by atoms with Gasteiger partial charge in [-0.2, -0.15) is 5.17 Å². The second-order valence-corrected chi connectivity index (χ2v) is 4.76. The Bertz CT molecular complexity index is 343. The predicted octanol–water partition coefficient (Wildman–Crippen LogP) is 1.48. The quantitative estimate of drug-likeness (QED) is 0.361. The summed E-state index contributed by atoms with van der Waals surface area (Å²) in [5, 5.41) is 1.26. The fraction of sp³-hybridized carbons (Fsp3) is 0.400. The third-order valence-electron chi connectivity index (χ3n) is 2.55. The number of hydrogen-bond donors (Lipinski definition) is 2. The van der Waals surface area contributed by atoms with Crippen LogP contribution in [0.3, 0.4) is 0 Å². The van der Waals surface area contributed by atoms with E-state index in [4.69, 9.17) is 16.2 Å². The monoisotopic (exact) mass is 240 g/mol. The number of nitrogens with two attached hydrogens (primary N) is 2. The van der Waals surface area contributed by atoms with Gasteiger partial charge in [-0.15, -0.1) is 0 Å². The van der Waals surface area contributed by atoms with Crippen molar-refractivity contribution >= 4 is 20.3 Å². The lowest BCUT2D eigenvalue weighted by Gasteiger charge is -2.22. The molecule has 1 atom stereocenters. The van der Waals surface area contributed by atoms with Gasteiger partial charge in [-0.25, -0.2) is 10.5 Å². The van der Waals surface area contributed by atoms with E-state index in [-0.39, 0.29) is 8.96 Å². The SMILES string of the molecule is Nc1ccccc1N(N)OPN1CCCC1. The van der Waals surface area contributed by atoms with Gasteiger partial charge in [0.1, 0.15) is 14.6 Å². The molecule has 0 saturated carbocycles. The molecule has 5 nitrogen and oxygen atoms in total. The molecule has 0 amide bonds. The number of nitrogens with zero attached hydrogens (tertiary/aromatic N) is 2. The van der Waals surface area contributed by atoms with Gasteiger partial charge in [-0.1, -0.05) is 12.1 Å². The molecule has 1 fully saturated rings. The molecule has 88 valence electrons. The van der Waals surface area contributed by atoms with Gasteiger partial charge in [0.05, 0.1) is 5.69 Å². The van der Waals surface area contributed by atoms with Crippen molar-refractivity contribution in [3.8, 4) is 0 Å². The highest BCUT2D eigenvalue weighted by molar-refractivity contribution is 7.29. The van der Waals surface area contributed by atoms with E-state index >= 15 is 0 Å². The Hall–Kier alpha value is -0.870. The number of rotatable bonds is 4. The molecule has 1 aliphatic heterocycles. The summed E-state index contributed by atoms with van der Waals surface area (Å²) in [5.41, 5.74) is 7.12. The van der Waals surface area contributed by atoms with Crippen LogP contribution in [0, 0.1) is 0 Å². The minimum atomic E-state index is 0.267. The molecule has 0 radical (unpaired) electrons. The van der Waals surface area contributed by atoms with E-state index in [0.717, 1.165) is 13.1 Å². The van der Waals surface area contributed by atoms with Crippen LogP contribution in [0.1, 0.15) is 12.8 Å². The third kappa shape index (κ3) is 2.83. The van der Waals surface area contributed by atoms with Gasteiger partial charge >= 0.3 is 0 Å². The number of anilines is 2. The third-order valence-corrected chi connectivity index (χ3v) is 3.53. The van der Waals surface area contributed by atoms with Crippen LogP contribution in [0.2, 0.25) is 0 Å². The molecule has 1 unspecified atom stereocenters. The topological polar surface area (TPSA) is 67.8 Å². The average Bonchev–Trinajstić information content (AvgIpc) is 2.79. The Morgan fingerprint density at radius 2 is 1.94 bits per heavy atom. The van der Waals surface area contributed by atoms with Crippen molar-refractivity contribution < 1.29 is 4.62 Å². The maximum absolute atomic E-state index is 5.79. The summed E-state index contributed by atoms with van der Waals surface area (Å²) in [6.45, 7) is 2.19. The Morgan fingerprint density at radius 1 is 1.25 bits per heavy atom. The summed E-state index contributed by atoms with van der Waals surface area (Å²) in [7, 11) is 0.267. The first-order chi connectivity index (χ1) is 7.77. The Morgan fingerprint density at radius 3 is 2.62 bits per heavy atom. The molecular formula is C10H17N4OP.